The topological polar surface area (TPSA) is 30.7 Å². The molecular formula is C11H15N3. The molecular weight excluding hydrogens is 174 g/mol. The van der Waals surface area contributed by atoms with Gasteiger partial charge in [-0.2, -0.15) is 0 Å². The molecule has 0 aliphatic carbocycles. The molecule has 3 nitrogen and oxygen atoms in total. The first kappa shape index (κ1) is 9.19. The monoisotopic (exact) mass is 189 g/mol. The molecule has 0 unspecified atom stereocenters. The first-order valence-corrected chi connectivity index (χ1v) is 4.96. The standard InChI is InChI=1S/C11H15N3/c1-4-11(2,3)14-10-8-6-5-7-9(10)12-13-14/h5-8H,4H2,1-3H3. The van der Waals surface area contributed by atoms with E-state index in [1.165, 1.54) is 0 Å². The minimum Gasteiger partial charge on any atom is -0.239 e. The molecule has 0 atom stereocenters. The summed E-state index contributed by atoms with van der Waals surface area (Å²) in [4.78, 5) is 0. The summed E-state index contributed by atoms with van der Waals surface area (Å²) in [5, 5.41) is 8.35. The second kappa shape index (κ2) is 3.08. The van der Waals surface area contributed by atoms with Crippen molar-refractivity contribution in [1.29, 1.82) is 0 Å². The number of rotatable bonds is 2. The molecule has 0 saturated carbocycles. The molecule has 0 radical (unpaired) electrons. The Morgan fingerprint density at radius 3 is 2.71 bits per heavy atom. The lowest BCUT2D eigenvalue weighted by Gasteiger charge is -2.23. The molecule has 0 spiro atoms. The zero-order valence-corrected chi connectivity index (χ0v) is 8.86. The van der Waals surface area contributed by atoms with Crippen LogP contribution in [0.25, 0.3) is 11.0 Å². The fourth-order valence-electron chi connectivity index (χ4n) is 1.47. The summed E-state index contributed by atoms with van der Waals surface area (Å²) >= 11 is 0. The first-order chi connectivity index (χ1) is 6.65. The highest BCUT2D eigenvalue weighted by atomic mass is 15.4. The summed E-state index contributed by atoms with van der Waals surface area (Å²) in [5.41, 5.74) is 2.12. The lowest BCUT2D eigenvalue weighted by Crippen LogP contribution is -2.26. The maximum atomic E-state index is 4.20. The fraction of sp³-hybridized carbons (Fsp3) is 0.455. The lowest BCUT2D eigenvalue weighted by atomic mass is 10.0. The van der Waals surface area contributed by atoms with Crippen molar-refractivity contribution in [2.24, 2.45) is 0 Å². The molecule has 2 rings (SSSR count). The molecule has 1 aromatic carbocycles. The summed E-state index contributed by atoms with van der Waals surface area (Å²) in [6.45, 7) is 6.51. The number of nitrogens with zero attached hydrogens (tertiary/aromatic N) is 3. The van der Waals surface area contributed by atoms with Gasteiger partial charge < -0.3 is 0 Å². The maximum Gasteiger partial charge on any atom is 0.113 e. The summed E-state index contributed by atoms with van der Waals surface area (Å²) < 4.78 is 2.00. The number of hydrogen-bond donors (Lipinski definition) is 0. The first-order valence-electron chi connectivity index (χ1n) is 4.96. The molecule has 14 heavy (non-hydrogen) atoms. The van der Waals surface area contributed by atoms with Crippen LogP contribution in [-0.2, 0) is 5.54 Å². The van der Waals surface area contributed by atoms with E-state index in [0.717, 1.165) is 17.5 Å². The van der Waals surface area contributed by atoms with Crippen LogP contribution in [0.4, 0.5) is 0 Å². The van der Waals surface area contributed by atoms with Gasteiger partial charge in [0.15, 0.2) is 0 Å². The minimum atomic E-state index is 0.0378. The Balaban J connectivity index is 2.64. The number of benzene rings is 1. The molecule has 0 fully saturated rings. The van der Waals surface area contributed by atoms with Crippen molar-refractivity contribution in [3.05, 3.63) is 24.3 Å². The summed E-state index contributed by atoms with van der Waals surface area (Å²) in [6.07, 6.45) is 1.04. The van der Waals surface area contributed by atoms with Gasteiger partial charge in [0.1, 0.15) is 5.52 Å². The van der Waals surface area contributed by atoms with Crippen molar-refractivity contribution < 1.29 is 0 Å². The fourth-order valence-corrected chi connectivity index (χ4v) is 1.47. The van der Waals surface area contributed by atoms with E-state index in [2.05, 4.69) is 37.1 Å². The van der Waals surface area contributed by atoms with E-state index in [-0.39, 0.29) is 5.54 Å². The molecule has 0 amide bonds. The van der Waals surface area contributed by atoms with Crippen LogP contribution in [0.5, 0.6) is 0 Å². The van der Waals surface area contributed by atoms with Crippen LogP contribution < -0.4 is 0 Å². The van der Waals surface area contributed by atoms with Crippen LogP contribution in [0.3, 0.4) is 0 Å². The van der Waals surface area contributed by atoms with Gasteiger partial charge in [0, 0.05) is 0 Å². The third kappa shape index (κ3) is 1.29. The smallest absolute Gasteiger partial charge is 0.113 e. The average molecular weight is 189 g/mol. The molecule has 0 bridgehead atoms. The molecule has 0 N–H and O–H groups in total. The maximum absolute atomic E-state index is 4.20. The van der Waals surface area contributed by atoms with Crippen molar-refractivity contribution in [2.45, 2.75) is 32.7 Å². The van der Waals surface area contributed by atoms with Gasteiger partial charge in [0.05, 0.1) is 11.1 Å². The molecule has 0 aliphatic heterocycles. The van der Waals surface area contributed by atoms with Crippen molar-refractivity contribution in [3.63, 3.8) is 0 Å². The van der Waals surface area contributed by atoms with Crippen LogP contribution in [0, 0.1) is 0 Å². The Morgan fingerprint density at radius 1 is 1.29 bits per heavy atom. The zero-order chi connectivity index (χ0) is 10.2. The summed E-state index contributed by atoms with van der Waals surface area (Å²) in [6, 6.07) is 8.06. The third-order valence-electron chi connectivity index (χ3n) is 2.79. The number of para-hydroxylation sites is 1. The zero-order valence-electron chi connectivity index (χ0n) is 8.86. The third-order valence-corrected chi connectivity index (χ3v) is 2.79. The van der Waals surface area contributed by atoms with Crippen LogP contribution in [0.2, 0.25) is 0 Å². The number of hydrogen-bond acceptors (Lipinski definition) is 2. The Morgan fingerprint density at radius 2 is 2.00 bits per heavy atom. The quantitative estimate of drug-likeness (QED) is 0.727. The van der Waals surface area contributed by atoms with E-state index in [9.17, 15) is 0 Å². The number of aromatic nitrogens is 3. The Kier molecular flexibility index (Phi) is 2.02. The number of fused-ring (bicyclic) bond motifs is 1. The van der Waals surface area contributed by atoms with E-state index >= 15 is 0 Å². The summed E-state index contributed by atoms with van der Waals surface area (Å²) in [5.74, 6) is 0. The van der Waals surface area contributed by atoms with E-state index < -0.39 is 0 Å². The molecule has 0 aliphatic rings. The Labute approximate surface area is 83.7 Å². The molecule has 1 aromatic heterocycles. The van der Waals surface area contributed by atoms with E-state index in [4.69, 9.17) is 0 Å². The molecule has 0 saturated heterocycles. The van der Waals surface area contributed by atoms with Gasteiger partial charge >= 0.3 is 0 Å². The summed E-state index contributed by atoms with van der Waals surface area (Å²) in [7, 11) is 0. The van der Waals surface area contributed by atoms with Gasteiger partial charge in [-0.25, -0.2) is 4.68 Å². The predicted octanol–water partition coefficient (Wildman–Crippen LogP) is 2.58. The van der Waals surface area contributed by atoms with Gasteiger partial charge in [-0.05, 0) is 32.4 Å². The highest BCUT2D eigenvalue weighted by Crippen LogP contribution is 2.22. The van der Waals surface area contributed by atoms with Gasteiger partial charge in [0.25, 0.3) is 0 Å². The van der Waals surface area contributed by atoms with Crippen molar-refractivity contribution in [3.8, 4) is 0 Å². The van der Waals surface area contributed by atoms with E-state index in [1.54, 1.807) is 0 Å². The van der Waals surface area contributed by atoms with Gasteiger partial charge in [0.2, 0.25) is 0 Å². The SMILES string of the molecule is CCC(C)(C)n1nnc2ccccc21. The minimum absolute atomic E-state index is 0.0378. The van der Waals surface area contributed by atoms with E-state index in [0.29, 0.717) is 0 Å². The van der Waals surface area contributed by atoms with Gasteiger partial charge in [-0.15, -0.1) is 5.10 Å². The van der Waals surface area contributed by atoms with Crippen LogP contribution in [0.1, 0.15) is 27.2 Å². The van der Waals surface area contributed by atoms with Crippen molar-refractivity contribution in [2.75, 3.05) is 0 Å². The van der Waals surface area contributed by atoms with Gasteiger partial charge in [-0.3, -0.25) is 0 Å². The second-order valence-corrected chi connectivity index (χ2v) is 4.16. The van der Waals surface area contributed by atoms with Crippen molar-refractivity contribution >= 4 is 11.0 Å². The van der Waals surface area contributed by atoms with E-state index in [1.807, 2.05) is 22.9 Å². The normalized spacial score (nSPS) is 12.2. The highest BCUT2D eigenvalue weighted by molar-refractivity contribution is 5.74. The highest BCUT2D eigenvalue weighted by Gasteiger charge is 2.20. The largest absolute Gasteiger partial charge is 0.239 e. The van der Waals surface area contributed by atoms with Crippen molar-refractivity contribution in [1.82, 2.24) is 15.0 Å². The molecule has 3 heteroatoms. The predicted molar refractivity (Wildman–Crippen MR) is 57.1 cm³/mol. The molecule has 74 valence electrons. The van der Waals surface area contributed by atoms with Crippen LogP contribution >= 0.6 is 0 Å². The second-order valence-electron chi connectivity index (χ2n) is 4.16. The molecule has 2 aromatic rings. The Bertz CT molecular complexity index is 442. The van der Waals surface area contributed by atoms with Crippen LogP contribution in [0.15, 0.2) is 24.3 Å². The Hall–Kier alpha value is -1.38. The van der Waals surface area contributed by atoms with Crippen LogP contribution in [-0.4, -0.2) is 15.0 Å². The average Bonchev–Trinajstić information content (AvgIpc) is 2.61. The lowest BCUT2D eigenvalue weighted by molar-refractivity contribution is 0.311. The van der Waals surface area contributed by atoms with Gasteiger partial charge in [-0.1, -0.05) is 24.3 Å². The molecule has 1 heterocycles.